The number of unbranched alkanes of at least 4 members (excludes halogenated alkanes) is 2. The van der Waals surface area contributed by atoms with E-state index in [1.165, 1.54) is 6.42 Å². The number of carbonyl (C=O) groups excluding carboxylic acids is 2. The number of likely N-dealkylation sites (tertiary alicyclic amines) is 1. The molecule has 1 aliphatic rings. The lowest BCUT2D eigenvalue weighted by molar-refractivity contribution is 0.0724. The largest absolute Gasteiger partial charge is 0.494 e. The first-order valence-electron chi connectivity index (χ1n) is 10.6. The standard InChI is InChI=1S/C24H30N2O3/c1-2-3-7-18-29-22-14-10-19(11-15-22)23(27)25-21-12-8-20(9-13-21)24(28)26-16-5-4-6-17-26/h8-15H,2-7,16-18H2,1H3,(H,25,27). The van der Waals surface area contributed by atoms with Crippen LogP contribution in [-0.2, 0) is 0 Å². The Kier molecular flexibility index (Phi) is 7.68. The van der Waals surface area contributed by atoms with Crippen LogP contribution in [0.1, 0.15) is 66.2 Å². The predicted octanol–water partition coefficient (Wildman–Crippen LogP) is 5.13. The Hall–Kier alpha value is -2.82. The molecular weight excluding hydrogens is 364 g/mol. The van der Waals surface area contributed by atoms with Gasteiger partial charge in [0, 0.05) is 29.9 Å². The molecule has 0 aromatic heterocycles. The van der Waals surface area contributed by atoms with Gasteiger partial charge in [0.1, 0.15) is 5.75 Å². The van der Waals surface area contributed by atoms with E-state index in [2.05, 4.69) is 12.2 Å². The second-order valence-electron chi connectivity index (χ2n) is 7.46. The molecule has 154 valence electrons. The Morgan fingerprint density at radius 3 is 2.21 bits per heavy atom. The first-order valence-corrected chi connectivity index (χ1v) is 10.6. The number of hydrogen-bond donors (Lipinski definition) is 1. The number of nitrogens with one attached hydrogen (secondary N) is 1. The summed E-state index contributed by atoms with van der Waals surface area (Å²) >= 11 is 0. The average molecular weight is 395 g/mol. The van der Waals surface area contributed by atoms with Crippen LogP contribution in [0.5, 0.6) is 5.75 Å². The number of hydrogen-bond acceptors (Lipinski definition) is 3. The summed E-state index contributed by atoms with van der Waals surface area (Å²) in [6.45, 7) is 4.51. The number of benzene rings is 2. The molecule has 5 nitrogen and oxygen atoms in total. The Morgan fingerprint density at radius 1 is 0.897 bits per heavy atom. The van der Waals surface area contributed by atoms with E-state index in [-0.39, 0.29) is 11.8 Å². The second kappa shape index (κ2) is 10.6. The van der Waals surface area contributed by atoms with Crippen LogP contribution in [0.3, 0.4) is 0 Å². The van der Waals surface area contributed by atoms with Gasteiger partial charge < -0.3 is 15.0 Å². The summed E-state index contributed by atoms with van der Waals surface area (Å²) in [6, 6.07) is 14.3. The summed E-state index contributed by atoms with van der Waals surface area (Å²) in [5, 5.41) is 2.88. The molecule has 0 bridgehead atoms. The van der Waals surface area contributed by atoms with Gasteiger partial charge in [0.05, 0.1) is 6.61 Å². The Labute approximate surface area is 173 Å². The number of carbonyl (C=O) groups is 2. The lowest BCUT2D eigenvalue weighted by Crippen LogP contribution is -2.35. The van der Waals surface area contributed by atoms with Crippen molar-refractivity contribution >= 4 is 17.5 Å². The van der Waals surface area contributed by atoms with Crippen molar-refractivity contribution in [3.05, 3.63) is 59.7 Å². The van der Waals surface area contributed by atoms with Crippen LogP contribution in [0.15, 0.2) is 48.5 Å². The molecule has 2 aromatic rings. The third kappa shape index (κ3) is 6.08. The van der Waals surface area contributed by atoms with Crippen LogP contribution in [0, 0.1) is 0 Å². The fraction of sp³-hybridized carbons (Fsp3) is 0.417. The van der Waals surface area contributed by atoms with Gasteiger partial charge >= 0.3 is 0 Å². The number of amides is 2. The van der Waals surface area contributed by atoms with Crippen LogP contribution >= 0.6 is 0 Å². The van der Waals surface area contributed by atoms with Crippen LogP contribution in [0.25, 0.3) is 0 Å². The van der Waals surface area contributed by atoms with Gasteiger partial charge in [-0.05, 0) is 74.2 Å². The van der Waals surface area contributed by atoms with E-state index < -0.39 is 0 Å². The van der Waals surface area contributed by atoms with Crippen LogP contribution < -0.4 is 10.1 Å². The molecule has 3 rings (SSSR count). The average Bonchev–Trinajstić information content (AvgIpc) is 2.78. The Bertz CT molecular complexity index is 794. The minimum absolute atomic E-state index is 0.0668. The van der Waals surface area contributed by atoms with Crippen molar-refractivity contribution in [3.8, 4) is 5.75 Å². The van der Waals surface area contributed by atoms with Gasteiger partial charge in [-0.15, -0.1) is 0 Å². The summed E-state index contributed by atoms with van der Waals surface area (Å²) in [5.74, 6) is 0.660. The van der Waals surface area contributed by atoms with Crippen LogP contribution in [0.2, 0.25) is 0 Å². The second-order valence-corrected chi connectivity index (χ2v) is 7.46. The Balaban J connectivity index is 1.53. The zero-order chi connectivity index (χ0) is 20.5. The fourth-order valence-corrected chi connectivity index (χ4v) is 3.42. The third-order valence-electron chi connectivity index (χ3n) is 5.17. The molecule has 2 amide bonds. The molecule has 29 heavy (non-hydrogen) atoms. The van der Waals surface area contributed by atoms with E-state index in [4.69, 9.17) is 4.74 Å². The van der Waals surface area contributed by atoms with Crippen molar-refractivity contribution in [1.29, 1.82) is 0 Å². The van der Waals surface area contributed by atoms with Crippen molar-refractivity contribution in [2.24, 2.45) is 0 Å². The monoisotopic (exact) mass is 394 g/mol. The van der Waals surface area contributed by atoms with Gasteiger partial charge in [0.2, 0.25) is 0 Å². The lowest BCUT2D eigenvalue weighted by atomic mass is 10.1. The summed E-state index contributed by atoms with van der Waals surface area (Å²) in [7, 11) is 0. The highest BCUT2D eigenvalue weighted by Gasteiger charge is 2.18. The molecule has 1 saturated heterocycles. The summed E-state index contributed by atoms with van der Waals surface area (Å²) in [5.41, 5.74) is 1.90. The minimum atomic E-state index is -0.183. The highest BCUT2D eigenvalue weighted by Crippen LogP contribution is 2.17. The minimum Gasteiger partial charge on any atom is -0.494 e. The number of anilines is 1. The molecule has 0 aliphatic carbocycles. The molecule has 2 aromatic carbocycles. The highest BCUT2D eigenvalue weighted by atomic mass is 16.5. The predicted molar refractivity (Wildman–Crippen MR) is 116 cm³/mol. The SMILES string of the molecule is CCCCCOc1ccc(C(=O)Nc2ccc(C(=O)N3CCCCC3)cc2)cc1. The molecule has 0 unspecified atom stereocenters. The topological polar surface area (TPSA) is 58.6 Å². The van der Waals surface area contributed by atoms with Crippen LogP contribution in [-0.4, -0.2) is 36.4 Å². The molecule has 1 N–H and O–H groups in total. The van der Waals surface area contributed by atoms with Crippen molar-refractivity contribution in [2.75, 3.05) is 25.0 Å². The van der Waals surface area contributed by atoms with Gasteiger partial charge in [-0.25, -0.2) is 0 Å². The van der Waals surface area contributed by atoms with Crippen molar-refractivity contribution < 1.29 is 14.3 Å². The molecule has 1 fully saturated rings. The van der Waals surface area contributed by atoms with Gasteiger partial charge in [-0.3, -0.25) is 9.59 Å². The maximum Gasteiger partial charge on any atom is 0.255 e. The summed E-state index contributed by atoms with van der Waals surface area (Å²) in [6.07, 6.45) is 6.69. The maximum absolute atomic E-state index is 12.5. The van der Waals surface area contributed by atoms with E-state index in [1.807, 2.05) is 17.0 Å². The number of piperidine rings is 1. The molecule has 0 radical (unpaired) electrons. The van der Waals surface area contributed by atoms with Gasteiger partial charge in [0.15, 0.2) is 0 Å². The molecule has 0 saturated carbocycles. The normalized spacial score (nSPS) is 13.8. The summed E-state index contributed by atoms with van der Waals surface area (Å²) in [4.78, 5) is 26.9. The fourth-order valence-electron chi connectivity index (χ4n) is 3.42. The molecular formula is C24H30N2O3. The molecule has 1 aliphatic heterocycles. The molecule has 0 atom stereocenters. The van der Waals surface area contributed by atoms with E-state index in [0.29, 0.717) is 23.4 Å². The van der Waals surface area contributed by atoms with E-state index in [1.54, 1.807) is 36.4 Å². The molecule has 0 spiro atoms. The lowest BCUT2D eigenvalue weighted by Gasteiger charge is -2.26. The van der Waals surface area contributed by atoms with Crippen molar-refractivity contribution in [2.45, 2.75) is 45.4 Å². The number of nitrogens with zero attached hydrogens (tertiary/aromatic N) is 1. The first-order chi connectivity index (χ1) is 14.2. The Morgan fingerprint density at radius 2 is 1.55 bits per heavy atom. The summed E-state index contributed by atoms with van der Waals surface area (Å²) < 4.78 is 5.68. The smallest absolute Gasteiger partial charge is 0.255 e. The van der Waals surface area contributed by atoms with Gasteiger partial charge in [-0.2, -0.15) is 0 Å². The quantitative estimate of drug-likeness (QED) is 0.631. The van der Waals surface area contributed by atoms with Crippen LogP contribution in [0.4, 0.5) is 5.69 Å². The third-order valence-corrected chi connectivity index (χ3v) is 5.17. The van der Waals surface area contributed by atoms with Gasteiger partial charge in [-0.1, -0.05) is 19.8 Å². The van der Waals surface area contributed by atoms with Crippen molar-refractivity contribution in [1.82, 2.24) is 4.90 Å². The highest BCUT2D eigenvalue weighted by molar-refractivity contribution is 6.04. The van der Waals surface area contributed by atoms with E-state index >= 15 is 0 Å². The zero-order valence-corrected chi connectivity index (χ0v) is 17.2. The zero-order valence-electron chi connectivity index (χ0n) is 17.2. The van der Waals surface area contributed by atoms with Crippen molar-refractivity contribution in [3.63, 3.8) is 0 Å². The maximum atomic E-state index is 12.5. The van der Waals surface area contributed by atoms with Gasteiger partial charge in [0.25, 0.3) is 11.8 Å². The number of ether oxygens (including phenoxy) is 1. The van der Waals surface area contributed by atoms with E-state index in [0.717, 1.165) is 50.9 Å². The first kappa shape index (κ1) is 20.9. The number of rotatable bonds is 8. The van der Waals surface area contributed by atoms with E-state index in [9.17, 15) is 9.59 Å². The molecule has 5 heteroatoms. The molecule has 1 heterocycles.